The molecule has 0 heterocycles. The summed E-state index contributed by atoms with van der Waals surface area (Å²) in [5, 5.41) is 0. The van der Waals surface area contributed by atoms with E-state index in [1.165, 1.54) is 161 Å². The van der Waals surface area contributed by atoms with Crippen LogP contribution in [0.25, 0.3) is 0 Å². The fourth-order valence-corrected chi connectivity index (χ4v) is 9.22. The number of esters is 3. The van der Waals surface area contributed by atoms with E-state index in [-0.39, 0.29) is 38.0 Å². The molecule has 6 nitrogen and oxygen atoms in total. The monoisotopic (exact) mass is 1080 g/mol. The SMILES string of the molecule is CC/C=C\C/C=C\C/C=C\C/C=C\C/C=C\CC(=O)OCC(COC(=O)CCCCCCCCCCCCCCCCCCCCCCCCCCCCCC)OC(=O)CCCCCC/C=C\C/C=C\C/C=C\C/C=C\CC. The Morgan fingerprint density at radius 2 is 0.551 bits per heavy atom. The molecule has 0 aliphatic rings. The van der Waals surface area contributed by atoms with Crippen molar-refractivity contribution in [1.29, 1.82) is 0 Å². The van der Waals surface area contributed by atoms with Gasteiger partial charge in [-0.1, -0.05) is 316 Å². The van der Waals surface area contributed by atoms with Crippen molar-refractivity contribution in [3.63, 3.8) is 0 Å². The molecular weight excluding hydrogens is 961 g/mol. The van der Waals surface area contributed by atoms with Gasteiger partial charge in [0.1, 0.15) is 13.2 Å². The van der Waals surface area contributed by atoms with Crippen LogP contribution in [0, 0.1) is 0 Å². The zero-order valence-corrected chi connectivity index (χ0v) is 51.2. The molecule has 446 valence electrons. The van der Waals surface area contributed by atoms with E-state index < -0.39 is 12.1 Å². The molecule has 0 aliphatic heterocycles. The minimum absolute atomic E-state index is 0.117. The van der Waals surface area contributed by atoms with E-state index in [0.717, 1.165) is 109 Å². The second-order valence-electron chi connectivity index (χ2n) is 21.6. The van der Waals surface area contributed by atoms with Gasteiger partial charge in [-0.15, -0.1) is 0 Å². The number of hydrogen-bond acceptors (Lipinski definition) is 6. The van der Waals surface area contributed by atoms with Crippen molar-refractivity contribution < 1.29 is 28.6 Å². The summed E-state index contributed by atoms with van der Waals surface area (Å²) in [4.78, 5) is 38.2. The summed E-state index contributed by atoms with van der Waals surface area (Å²) in [7, 11) is 0. The van der Waals surface area contributed by atoms with E-state index in [1.807, 2.05) is 6.08 Å². The summed E-state index contributed by atoms with van der Waals surface area (Å²) >= 11 is 0. The number of carbonyl (C=O) groups excluding carboxylic acids is 3. The lowest BCUT2D eigenvalue weighted by Gasteiger charge is -2.18. The van der Waals surface area contributed by atoms with E-state index in [1.54, 1.807) is 6.08 Å². The smallest absolute Gasteiger partial charge is 0.309 e. The summed E-state index contributed by atoms with van der Waals surface area (Å²) in [6, 6.07) is 0. The van der Waals surface area contributed by atoms with Gasteiger partial charge in [0.05, 0.1) is 6.42 Å². The van der Waals surface area contributed by atoms with Crippen LogP contribution in [0.15, 0.2) is 109 Å². The highest BCUT2D eigenvalue weighted by Gasteiger charge is 2.19. The summed E-state index contributed by atoms with van der Waals surface area (Å²) < 4.78 is 16.8. The van der Waals surface area contributed by atoms with E-state index in [2.05, 4.69) is 118 Å². The molecule has 0 spiro atoms. The Labute approximate surface area is 482 Å². The third-order valence-corrected chi connectivity index (χ3v) is 14.1. The maximum absolute atomic E-state index is 12.9. The summed E-state index contributed by atoms with van der Waals surface area (Å²) in [5.74, 6) is -1.07. The molecule has 0 aromatic carbocycles. The molecule has 0 fully saturated rings. The van der Waals surface area contributed by atoms with Crippen LogP contribution < -0.4 is 0 Å². The van der Waals surface area contributed by atoms with E-state index in [0.29, 0.717) is 6.42 Å². The first-order valence-electron chi connectivity index (χ1n) is 32.9. The van der Waals surface area contributed by atoms with Gasteiger partial charge in [0.2, 0.25) is 0 Å². The normalized spacial score (nSPS) is 12.8. The van der Waals surface area contributed by atoms with Crippen LogP contribution in [0.2, 0.25) is 0 Å². The second kappa shape index (κ2) is 65.6. The molecule has 0 bridgehead atoms. The van der Waals surface area contributed by atoms with Gasteiger partial charge in [0.15, 0.2) is 6.10 Å². The fraction of sp³-hybridized carbons (Fsp3) is 0.708. The zero-order chi connectivity index (χ0) is 56.4. The minimum atomic E-state index is -0.833. The van der Waals surface area contributed by atoms with Crippen molar-refractivity contribution in [2.24, 2.45) is 0 Å². The highest BCUT2D eigenvalue weighted by molar-refractivity contribution is 5.72. The van der Waals surface area contributed by atoms with Gasteiger partial charge in [0.25, 0.3) is 0 Å². The lowest BCUT2D eigenvalue weighted by Crippen LogP contribution is -2.30. The van der Waals surface area contributed by atoms with Crippen LogP contribution in [0.5, 0.6) is 0 Å². The number of ether oxygens (including phenoxy) is 3. The molecule has 0 saturated heterocycles. The number of allylic oxidation sites excluding steroid dienone is 17. The Kier molecular flexibility index (Phi) is 62.3. The molecule has 6 heteroatoms. The van der Waals surface area contributed by atoms with E-state index in [9.17, 15) is 14.4 Å². The highest BCUT2D eigenvalue weighted by Crippen LogP contribution is 2.17. The van der Waals surface area contributed by atoms with Gasteiger partial charge in [-0.2, -0.15) is 0 Å². The Balaban J connectivity index is 4.33. The Morgan fingerprint density at radius 1 is 0.282 bits per heavy atom. The lowest BCUT2D eigenvalue weighted by atomic mass is 10.0. The first kappa shape index (κ1) is 74.1. The Bertz CT molecular complexity index is 1570. The molecule has 0 aromatic heterocycles. The summed E-state index contributed by atoms with van der Waals surface area (Å²) in [5.41, 5.74) is 0. The van der Waals surface area contributed by atoms with E-state index in [4.69, 9.17) is 14.2 Å². The Morgan fingerprint density at radius 3 is 0.897 bits per heavy atom. The fourth-order valence-electron chi connectivity index (χ4n) is 9.22. The third-order valence-electron chi connectivity index (χ3n) is 14.1. The van der Waals surface area contributed by atoms with Crippen LogP contribution in [-0.4, -0.2) is 37.2 Å². The zero-order valence-electron chi connectivity index (χ0n) is 51.2. The summed E-state index contributed by atoms with van der Waals surface area (Å²) in [6.07, 6.45) is 90.0. The van der Waals surface area contributed by atoms with Crippen LogP contribution in [0.1, 0.15) is 310 Å². The van der Waals surface area contributed by atoms with Gasteiger partial charge >= 0.3 is 17.9 Å². The molecule has 0 aliphatic carbocycles. The van der Waals surface area contributed by atoms with Crippen LogP contribution in [0.4, 0.5) is 0 Å². The topological polar surface area (TPSA) is 78.9 Å². The van der Waals surface area contributed by atoms with Crippen molar-refractivity contribution in [3.05, 3.63) is 109 Å². The molecule has 0 radical (unpaired) electrons. The molecule has 1 atom stereocenters. The number of hydrogen-bond donors (Lipinski definition) is 0. The standard InChI is InChI=1S/C72H122O6/c1-4-7-10-13-16-19-22-25-28-30-31-32-33-34-35-36-37-38-39-40-42-44-47-50-53-56-59-62-65-71(74)77-68-69(67-76-70(73)64-61-58-55-52-49-46-43-27-24-21-18-15-12-9-6-3)78-72(75)66-63-60-57-54-51-48-45-41-29-26-23-20-17-14-11-8-5-2/h8-9,11-12,17-18,20-21,26-27,29,43,45,48-49,52,58,61,69H,4-7,10,13-16,19,22-25,28,30-42,44,46-47,50-51,53-57,59-60,62-68H2,1-3H3/b11-8-,12-9-,20-17-,21-18-,29-26-,43-27-,48-45-,52-49-,61-58-. The second-order valence-corrected chi connectivity index (χ2v) is 21.6. The predicted molar refractivity (Wildman–Crippen MR) is 339 cm³/mol. The average molecular weight is 1080 g/mol. The van der Waals surface area contributed by atoms with Crippen molar-refractivity contribution in [2.45, 2.75) is 316 Å². The first-order valence-corrected chi connectivity index (χ1v) is 32.9. The maximum atomic E-state index is 12.9. The molecule has 78 heavy (non-hydrogen) atoms. The number of unbranched alkanes of at least 4 members (excludes halogenated alkanes) is 31. The maximum Gasteiger partial charge on any atom is 0.309 e. The van der Waals surface area contributed by atoms with E-state index >= 15 is 0 Å². The van der Waals surface area contributed by atoms with Gasteiger partial charge in [-0.05, 0) is 83.5 Å². The van der Waals surface area contributed by atoms with Gasteiger partial charge in [-0.25, -0.2) is 0 Å². The first-order chi connectivity index (χ1) is 38.5. The molecule has 0 amide bonds. The van der Waals surface area contributed by atoms with Crippen molar-refractivity contribution >= 4 is 17.9 Å². The van der Waals surface area contributed by atoms with Crippen molar-refractivity contribution in [3.8, 4) is 0 Å². The quantitative estimate of drug-likeness (QED) is 0.0261. The van der Waals surface area contributed by atoms with Crippen LogP contribution in [-0.2, 0) is 28.6 Å². The molecule has 0 saturated carbocycles. The highest BCUT2D eigenvalue weighted by atomic mass is 16.6. The van der Waals surface area contributed by atoms with Crippen LogP contribution in [0.3, 0.4) is 0 Å². The summed E-state index contributed by atoms with van der Waals surface area (Å²) in [6.45, 7) is 6.33. The Hall–Kier alpha value is -3.93. The minimum Gasteiger partial charge on any atom is -0.462 e. The largest absolute Gasteiger partial charge is 0.462 e. The molecule has 1 unspecified atom stereocenters. The van der Waals surface area contributed by atoms with Gasteiger partial charge in [-0.3, -0.25) is 14.4 Å². The molecular formula is C72H122O6. The van der Waals surface area contributed by atoms with Gasteiger partial charge < -0.3 is 14.2 Å². The van der Waals surface area contributed by atoms with Crippen LogP contribution >= 0.6 is 0 Å². The van der Waals surface area contributed by atoms with Gasteiger partial charge in [0, 0.05) is 12.8 Å². The molecule has 0 N–H and O–H groups in total. The third kappa shape index (κ3) is 62.9. The van der Waals surface area contributed by atoms with Crippen molar-refractivity contribution in [1.82, 2.24) is 0 Å². The van der Waals surface area contributed by atoms with Crippen molar-refractivity contribution in [2.75, 3.05) is 13.2 Å². The predicted octanol–water partition coefficient (Wildman–Crippen LogP) is 22.6. The molecule has 0 rings (SSSR count). The number of carbonyl (C=O) groups is 3. The molecule has 0 aromatic rings. The lowest BCUT2D eigenvalue weighted by molar-refractivity contribution is -0.166. The number of rotatable bonds is 59. The average Bonchev–Trinajstić information content (AvgIpc) is 3.44.